The van der Waals surface area contributed by atoms with Gasteiger partial charge < -0.3 is 23.4 Å². The van der Waals surface area contributed by atoms with Crippen molar-refractivity contribution in [3.8, 4) is 11.5 Å². The lowest BCUT2D eigenvalue weighted by Gasteiger charge is -2.13. The Morgan fingerprint density at radius 2 is 1.97 bits per heavy atom. The van der Waals surface area contributed by atoms with E-state index >= 15 is 0 Å². The molecule has 3 rings (SSSR count). The minimum Gasteiger partial charge on any atom is -0.497 e. The summed E-state index contributed by atoms with van der Waals surface area (Å²) in [5, 5.41) is 0.977. The van der Waals surface area contributed by atoms with Crippen LogP contribution in [0.3, 0.4) is 0 Å². The van der Waals surface area contributed by atoms with Crippen LogP contribution in [0.25, 0.3) is 11.0 Å². The van der Waals surface area contributed by atoms with E-state index in [9.17, 15) is 4.79 Å². The van der Waals surface area contributed by atoms with Gasteiger partial charge >= 0.3 is 5.97 Å². The molecule has 3 aromatic rings. The molecule has 0 fully saturated rings. The van der Waals surface area contributed by atoms with E-state index in [0.29, 0.717) is 31.1 Å². The highest BCUT2D eigenvalue weighted by Gasteiger charge is 2.17. The predicted molar refractivity (Wildman–Crippen MR) is 117 cm³/mol. The number of methoxy groups -OCH3 is 2. The summed E-state index contributed by atoms with van der Waals surface area (Å²) in [6, 6.07) is 11.3. The molecule has 0 aliphatic rings. The zero-order chi connectivity index (χ0) is 21.5. The number of hydrogen-bond acceptors (Lipinski definition) is 6. The van der Waals surface area contributed by atoms with Crippen LogP contribution in [-0.2, 0) is 33.7 Å². The number of esters is 1. The lowest BCUT2D eigenvalue weighted by Crippen LogP contribution is -2.09. The second kappa shape index (κ2) is 10.5. The first-order chi connectivity index (χ1) is 14.5. The lowest BCUT2D eigenvalue weighted by atomic mass is 10.1. The van der Waals surface area contributed by atoms with E-state index in [2.05, 4.69) is 15.9 Å². The van der Waals surface area contributed by atoms with Crippen molar-refractivity contribution in [2.75, 3.05) is 27.4 Å². The minimum absolute atomic E-state index is 0.126. The van der Waals surface area contributed by atoms with Crippen LogP contribution in [0.4, 0.5) is 0 Å². The Bertz CT molecular complexity index is 1010. The van der Waals surface area contributed by atoms with Crippen LogP contribution in [0.15, 0.2) is 45.3 Å². The Balaban J connectivity index is 1.91. The molecule has 0 amide bonds. The van der Waals surface area contributed by atoms with Gasteiger partial charge in [0.15, 0.2) is 0 Å². The van der Waals surface area contributed by atoms with Gasteiger partial charge in [0.25, 0.3) is 0 Å². The van der Waals surface area contributed by atoms with Gasteiger partial charge in [-0.3, -0.25) is 4.79 Å². The highest BCUT2D eigenvalue weighted by molar-refractivity contribution is 9.10. The fourth-order valence-corrected chi connectivity index (χ4v) is 3.55. The second-order valence-electron chi connectivity index (χ2n) is 6.63. The molecule has 0 atom stereocenters. The Morgan fingerprint density at radius 3 is 2.70 bits per heavy atom. The average molecular weight is 477 g/mol. The number of carbonyl (C=O) groups excluding carboxylic acids is 1. The molecule has 0 unspecified atom stereocenters. The molecule has 7 heteroatoms. The molecular formula is C23H25BrO6. The van der Waals surface area contributed by atoms with Gasteiger partial charge in [-0.2, -0.15) is 0 Å². The van der Waals surface area contributed by atoms with Gasteiger partial charge in [-0.25, -0.2) is 0 Å². The topological polar surface area (TPSA) is 67.1 Å². The monoisotopic (exact) mass is 476 g/mol. The third-order valence-electron chi connectivity index (χ3n) is 4.66. The number of furan rings is 1. The number of hydrogen-bond donors (Lipinski definition) is 0. The van der Waals surface area contributed by atoms with Crippen molar-refractivity contribution >= 4 is 32.9 Å². The quantitative estimate of drug-likeness (QED) is 0.380. The summed E-state index contributed by atoms with van der Waals surface area (Å²) in [6.45, 7) is 2.95. The first-order valence-corrected chi connectivity index (χ1v) is 10.5. The summed E-state index contributed by atoms with van der Waals surface area (Å²) in [4.78, 5) is 12.0. The van der Waals surface area contributed by atoms with E-state index in [1.54, 1.807) is 33.3 Å². The third-order valence-corrected chi connectivity index (χ3v) is 5.15. The van der Waals surface area contributed by atoms with E-state index in [1.165, 1.54) is 0 Å². The van der Waals surface area contributed by atoms with Gasteiger partial charge in [-0.05, 0) is 31.2 Å². The van der Waals surface area contributed by atoms with Crippen molar-refractivity contribution in [1.82, 2.24) is 0 Å². The summed E-state index contributed by atoms with van der Waals surface area (Å²) in [5.74, 6) is 1.74. The molecule has 0 aliphatic carbocycles. The molecule has 0 spiro atoms. The van der Waals surface area contributed by atoms with Gasteiger partial charge in [0.2, 0.25) is 0 Å². The Hall–Kier alpha value is -2.51. The Kier molecular flexibility index (Phi) is 7.76. The number of halogens is 1. The molecule has 1 aromatic heterocycles. The summed E-state index contributed by atoms with van der Waals surface area (Å²) in [7, 11) is 3.25. The Morgan fingerprint density at radius 1 is 1.13 bits per heavy atom. The van der Waals surface area contributed by atoms with Crippen LogP contribution in [-0.4, -0.2) is 33.4 Å². The maximum atomic E-state index is 12.0. The highest BCUT2D eigenvalue weighted by Crippen LogP contribution is 2.32. The van der Waals surface area contributed by atoms with Gasteiger partial charge in [0.1, 0.15) is 29.4 Å². The van der Waals surface area contributed by atoms with Crippen molar-refractivity contribution in [3.63, 3.8) is 0 Å². The van der Waals surface area contributed by atoms with Crippen LogP contribution in [0, 0.1) is 0 Å². The van der Waals surface area contributed by atoms with Gasteiger partial charge in [-0.1, -0.05) is 22.0 Å². The molecular weight excluding hydrogens is 452 g/mol. The van der Waals surface area contributed by atoms with Gasteiger partial charge in [-0.15, -0.1) is 0 Å². The van der Waals surface area contributed by atoms with E-state index in [4.69, 9.17) is 23.4 Å². The molecule has 0 bridgehead atoms. The van der Waals surface area contributed by atoms with Crippen molar-refractivity contribution < 1.29 is 28.2 Å². The maximum absolute atomic E-state index is 12.0. The van der Waals surface area contributed by atoms with Crippen molar-refractivity contribution in [2.45, 2.75) is 26.4 Å². The van der Waals surface area contributed by atoms with Gasteiger partial charge in [0, 0.05) is 40.6 Å². The standard InChI is InChI=1S/C23H25BrO6/c1-4-28-23(25)11-15-5-7-17(27-3)13-22(15)29-14-19-18-12-16(24)6-8-20(18)30-21(19)9-10-26-2/h5-8,12-13H,4,9-11,14H2,1-3H3. The number of rotatable bonds is 10. The summed E-state index contributed by atoms with van der Waals surface area (Å²) >= 11 is 3.52. The molecule has 0 saturated carbocycles. The van der Waals surface area contributed by atoms with Crippen molar-refractivity contribution in [3.05, 3.63) is 57.8 Å². The molecule has 0 aliphatic heterocycles. The summed E-state index contributed by atoms with van der Waals surface area (Å²) < 4.78 is 28.8. The number of ether oxygens (including phenoxy) is 4. The van der Waals surface area contributed by atoms with E-state index in [1.807, 2.05) is 24.3 Å². The molecule has 0 radical (unpaired) electrons. The van der Waals surface area contributed by atoms with Crippen LogP contribution in [0.5, 0.6) is 11.5 Å². The first-order valence-electron chi connectivity index (χ1n) is 9.69. The van der Waals surface area contributed by atoms with E-state index in [-0.39, 0.29) is 19.0 Å². The zero-order valence-corrected chi connectivity index (χ0v) is 18.9. The number of carbonyl (C=O) groups is 1. The maximum Gasteiger partial charge on any atom is 0.310 e. The molecule has 160 valence electrons. The zero-order valence-electron chi connectivity index (χ0n) is 17.3. The minimum atomic E-state index is -0.300. The smallest absolute Gasteiger partial charge is 0.310 e. The second-order valence-corrected chi connectivity index (χ2v) is 7.55. The summed E-state index contributed by atoms with van der Waals surface area (Å²) in [5.41, 5.74) is 2.48. The van der Waals surface area contributed by atoms with Crippen LogP contribution in [0.2, 0.25) is 0 Å². The van der Waals surface area contributed by atoms with Crippen LogP contribution in [0.1, 0.15) is 23.8 Å². The fourth-order valence-electron chi connectivity index (χ4n) is 3.19. The largest absolute Gasteiger partial charge is 0.497 e. The molecule has 30 heavy (non-hydrogen) atoms. The normalized spacial score (nSPS) is 10.9. The van der Waals surface area contributed by atoms with Gasteiger partial charge in [0.05, 0.1) is 26.7 Å². The average Bonchev–Trinajstić information content (AvgIpc) is 3.08. The van der Waals surface area contributed by atoms with Crippen LogP contribution >= 0.6 is 15.9 Å². The summed E-state index contributed by atoms with van der Waals surface area (Å²) in [6.07, 6.45) is 0.761. The van der Waals surface area contributed by atoms with E-state index in [0.717, 1.165) is 32.3 Å². The SMILES string of the molecule is CCOC(=O)Cc1ccc(OC)cc1OCc1c(CCOC)oc2ccc(Br)cc12. The van der Waals surface area contributed by atoms with E-state index < -0.39 is 0 Å². The molecule has 0 saturated heterocycles. The first kappa shape index (κ1) is 22.2. The molecule has 6 nitrogen and oxygen atoms in total. The highest BCUT2D eigenvalue weighted by atomic mass is 79.9. The fraction of sp³-hybridized carbons (Fsp3) is 0.348. The number of benzene rings is 2. The third kappa shape index (κ3) is 5.34. The van der Waals surface area contributed by atoms with Crippen molar-refractivity contribution in [1.29, 1.82) is 0 Å². The van der Waals surface area contributed by atoms with Crippen LogP contribution < -0.4 is 9.47 Å². The van der Waals surface area contributed by atoms with Crippen molar-refractivity contribution in [2.24, 2.45) is 0 Å². The molecule has 1 heterocycles. The molecule has 2 aromatic carbocycles. The molecule has 0 N–H and O–H groups in total. The Labute approximate surface area is 184 Å². The predicted octanol–water partition coefficient (Wildman–Crippen LogP) is 5.08. The number of fused-ring (bicyclic) bond motifs is 1. The lowest BCUT2D eigenvalue weighted by molar-refractivity contribution is -0.142.